The molecular formula is C7H15N3O3. The average molecular weight is 189 g/mol. The largest absolute Gasteiger partial charge is 0.364 e. The molecule has 0 radical (unpaired) electrons. The number of methoxy groups -OCH3 is 1. The van der Waals surface area contributed by atoms with Gasteiger partial charge in [-0.25, -0.2) is 4.79 Å². The number of nitrogens with two attached hydrogens (primary N) is 1. The second-order valence-electron chi connectivity index (χ2n) is 2.36. The van der Waals surface area contributed by atoms with Crippen molar-refractivity contribution in [1.29, 1.82) is 0 Å². The summed E-state index contributed by atoms with van der Waals surface area (Å²) >= 11 is 0. The van der Waals surface area contributed by atoms with Gasteiger partial charge in [0.1, 0.15) is 6.73 Å². The Morgan fingerprint density at radius 1 is 1.69 bits per heavy atom. The lowest BCUT2D eigenvalue weighted by molar-refractivity contribution is -0.115. The highest BCUT2D eigenvalue weighted by atomic mass is 16.5. The van der Waals surface area contributed by atoms with Crippen molar-refractivity contribution in [1.82, 2.24) is 10.2 Å². The van der Waals surface area contributed by atoms with Gasteiger partial charge in [0.2, 0.25) is 6.41 Å². The highest BCUT2D eigenvalue weighted by Crippen LogP contribution is 1.87. The van der Waals surface area contributed by atoms with Crippen LogP contribution in [0.5, 0.6) is 0 Å². The maximum absolute atomic E-state index is 11.1. The summed E-state index contributed by atoms with van der Waals surface area (Å²) in [6.07, 6.45) is 1.07. The second-order valence-corrected chi connectivity index (χ2v) is 2.36. The Morgan fingerprint density at radius 2 is 2.38 bits per heavy atom. The molecule has 0 heterocycles. The van der Waals surface area contributed by atoms with Crippen LogP contribution in [0.2, 0.25) is 0 Å². The predicted octanol–water partition coefficient (Wildman–Crippen LogP) is -0.893. The van der Waals surface area contributed by atoms with Crippen molar-refractivity contribution in [2.45, 2.75) is 6.42 Å². The van der Waals surface area contributed by atoms with E-state index in [4.69, 9.17) is 5.73 Å². The van der Waals surface area contributed by atoms with Crippen molar-refractivity contribution in [2.75, 3.05) is 26.9 Å². The fourth-order valence-corrected chi connectivity index (χ4v) is 0.699. The van der Waals surface area contributed by atoms with Gasteiger partial charge in [0.25, 0.3) is 0 Å². The van der Waals surface area contributed by atoms with Gasteiger partial charge in [-0.05, 0) is 13.0 Å². The molecule has 0 unspecified atom stereocenters. The van der Waals surface area contributed by atoms with E-state index < -0.39 is 6.03 Å². The van der Waals surface area contributed by atoms with Crippen molar-refractivity contribution in [2.24, 2.45) is 5.73 Å². The molecule has 0 aliphatic heterocycles. The predicted molar refractivity (Wildman–Crippen MR) is 46.8 cm³/mol. The fraction of sp³-hybridized carbons (Fsp3) is 0.714. The zero-order valence-corrected chi connectivity index (χ0v) is 7.66. The molecule has 0 bridgehead atoms. The molecule has 3 amide bonds. The maximum Gasteiger partial charge on any atom is 0.325 e. The lowest BCUT2D eigenvalue weighted by atomic mass is 10.4. The van der Waals surface area contributed by atoms with Gasteiger partial charge < -0.3 is 15.8 Å². The maximum atomic E-state index is 11.1. The molecule has 6 nitrogen and oxygen atoms in total. The molecule has 0 spiro atoms. The molecule has 3 N–H and O–H groups in total. The summed E-state index contributed by atoms with van der Waals surface area (Å²) in [6, 6.07) is -0.467. The van der Waals surface area contributed by atoms with Gasteiger partial charge in [0.05, 0.1) is 0 Å². The molecular weight excluding hydrogens is 174 g/mol. The quantitative estimate of drug-likeness (QED) is 0.419. The van der Waals surface area contributed by atoms with Gasteiger partial charge in [-0.2, -0.15) is 0 Å². The topological polar surface area (TPSA) is 84.7 Å². The van der Waals surface area contributed by atoms with Gasteiger partial charge in [0, 0.05) is 13.7 Å². The second kappa shape index (κ2) is 7.51. The van der Waals surface area contributed by atoms with E-state index in [1.165, 1.54) is 7.11 Å². The lowest BCUT2D eigenvalue weighted by Crippen LogP contribution is -2.40. The summed E-state index contributed by atoms with van der Waals surface area (Å²) in [5.41, 5.74) is 5.23. The average Bonchev–Trinajstić information content (AvgIpc) is 2.16. The first-order valence-corrected chi connectivity index (χ1v) is 3.95. The minimum atomic E-state index is -0.467. The van der Waals surface area contributed by atoms with Gasteiger partial charge in [0.15, 0.2) is 0 Å². The third-order valence-electron chi connectivity index (χ3n) is 1.36. The van der Waals surface area contributed by atoms with Crippen LogP contribution in [0.15, 0.2) is 0 Å². The Labute approximate surface area is 77.0 Å². The van der Waals surface area contributed by atoms with Crippen LogP contribution < -0.4 is 11.1 Å². The van der Waals surface area contributed by atoms with E-state index >= 15 is 0 Å². The van der Waals surface area contributed by atoms with E-state index in [2.05, 4.69) is 10.1 Å². The van der Waals surface area contributed by atoms with E-state index in [1.54, 1.807) is 0 Å². The SMILES string of the molecule is COCNC(=O)N(C=O)CCCN. The lowest BCUT2D eigenvalue weighted by Gasteiger charge is -2.15. The van der Waals surface area contributed by atoms with Crippen molar-refractivity contribution in [3.63, 3.8) is 0 Å². The normalized spacial score (nSPS) is 9.38. The monoisotopic (exact) mass is 189 g/mol. The zero-order chi connectivity index (χ0) is 10.1. The Morgan fingerprint density at radius 3 is 2.85 bits per heavy atom. The first-order chi connectivity index (χ1) is 6.26. The van der Waals surface area contributed by atoms with Crippen LogP contribution in [0.4, 0.5) is 4.79 Å². The van der Waals surface area contributed by atoms with E-state index in [0.717, 1.165) is 4.90 Å². The number of urea groups is 1. The zero-order valence-electron chi connectivity index (χ0n) is 7.66. The highest BCUT2D eigenvalue weighted by molar-refractivity contribution is 5.84. The fourth-order valence-electron chi connectivity index (χ4n) is 0.699. The molecule has 6 heteroatoms. The number of carbonyl (C=O) groups is 2. The summed E-state index contributed by atoms with van der Waals surface area (Å²) in [7, 11) is 1.45. The van der Waals surface area contributed by atoms with Crippen molar-refractivity contribution in [3.8, 4) is 0 Å². The molecule has 0 rings (SSSR count). The van der Waals surface area contributed by atoms with Crippen LogP contribution in [0.3, 0.4) is 0 Å². The number of nitrogens with zero attached hydrogens (tertiary/aromatic N) is 1. The van der Waals surface area contributed by atoms with Crippen molar-refractivity contribution >= 4 is 12.4 Å². The van der Waals surface area contributed by atoms with E-state index in [9.17, 15) is 9.59 Å². The molecule has 0 aromatic heterocycles. The number of hydrogen-bond acceptors (Lipinski definition) is 4. The van der Waals surface area contributed by atoms with Crippen LogP contribution in [0.1, 0.15) is 6.42 Å². The third-order valence-corrected chi connectivity index (χ3v) is 1.36. The number of imide groups is 1. The Kier molecular flexibility index (Phi) is 6.85. The minimum absolute atomic E-state index is 0.0891. The van der Waals surface area contributed by atoms with E-state index in [1.807, 2.05) is 0 Å². The minimum Gasteiger partial charge on any atom is -0.364 e. The number of amides is 3. The first kappa shape index (κ1) is 11.9. The molecule has 0 aromatic carbocycles. The number of hydrogen-bond donors (Lipinski definition) is 2. The molecule has 0 atom stereocenters. The van der Waals surface area contributed by atoms with Gasteiger partial charge >= 0.3 is 6.03 Å². The molecule has 0 saturated carbocycles. The molecule has 13 heavy (non-hydrogen) atoms. The molecule has 0 saturated heterocycles. The Hall–Kier alpha value is -1.14. The summed E-state index contributed by atoms with van der Waals surface area (Å²) in [5.74, 6) is 0. The number of ether oxygens (including phenoxy) is 1. The molecule has 0 aromatic rings. The van der Waals surface area contributed by atoms with Gasteiger partial charge in [-0.3, -0.25) is 9.69 Å². The summed E-state index contributed by atoms with van der Waals surface area (Å²) in [6.45, 7) is 0.864. The van der Waals surface area contributed by atoms with Gasteiger partial charge in [-0.15, -0.1) is 0 Å². The van der Waals surface area contributed by atoms with Gasteiger partial charge in [-0.1, -0.05) is 0 Å². The van der Waals surface area contributed by atoms with E-state index in [-0.39, 0.29) is 6.73 Å². The number of nitrogens with one attached hydrogen (secondary N) is 1. The van der Waals surface area contributed by atoms with Crippen LogP contribution in [0, 0.1) is 0 Å². The molecule has 76 valence electrons. The first-order valence-electron chi connectivity index (χ1n) is 3.95. The van der Waals surface area contributed by atoms with E-state index in [0.29, 0.717) is 25.9 Å². The highest BCUT2D eigenvalue weighted by Gasteiger charge is 2.09. The molecule has 0 aliphatic rings. The Balaban J connectivity index is 3.77. The number of carbonyl (C=O) groups excluding carboxylic acids is 2. The summed E-state index contributed by atoms with van der Waals surface area (Å²) in [5, 5.41) is 2.38. The molecule has 0 aliphatic carbocycles. The van der Waals surface area contributed by atoms with Crippen molar-refractivity contribution < 1.29 is 14.3 Å². The van der Waals surface area contributed by atoms with Crippen LogP contribution in [-0.4, -0.2) is 44.3 Å². The van der Waals surface area contributed by atoms with Crippen LogP contribution in [-0.2, 0) is 9.53 Å². The summed E-state index contributed by atoms with van der Waals surface area (Å²) < 4.78 is 4.61. The smallest absolute Gasteiger partial charge is 0.325 e. The van der Waals surface area contributed by atoms with Crippen LogP contribution >= 0.6 is 0 Å². The number of rotatable bonds is 6. The summed E-state index contributed by atoms with van der Waals surface area (Å²) in [4.78, 5) is 22.5. The Bertz CT molecular complexity index is 163. The third kappa shape index (κ3) is 5.15. The van der Waals surface area contributed by atoms with Crippen LogP contribution in [0.25, 0.3) is 0 Å². The van der Waals surface area contributed by atoms with Crippen molar-refractivity contribution in [3.05, 3.63) is 0 Å². The standard InChI is InChI=1S/C7H15N3O3/c1-13-5-9-7(12)10(6-11)4-2-3-8/h6H,2-5,8H2,1H3,(H,9,12). The molecule has 0 fully saturated rings.